The van der Waals surface area contributed by atoms with E-state index in [-0.39, 0.29) is 62.0 Å². The number of aromatic nitrogens is 2. The Labute approximate surface area is 285 Å². The van der Waals surface area contributed by atoms with Gasteiger partial charge >= 0.3 is 0 Å². The standard InChI is InChI=1S/C32H30Cl4FN7O2/c1-6-20(45)43-10-9-42(13-16(43)5)30-17-11-19(33)28(21-22(34)25(37)23(35)24(36)26(21)39)41-31(17)44(32(46)18(30)12-38)29-15(4)7-8-40-27(29)14(2)3/h6-8,11,14-16,29H,1,9-10,13,39H2,2-5H3/t15?,16-,29?/m1/s1. The van der Waals surface area contributed by atoms with Crippen molar-refractivity contribution in [2.24, 2.45) is 16.8 Å². The molecule has 14 heteroatoms. The van der Waals surface area contributed by atoms with E-state index in [9.17, 15) is 14.9 Å². The van der Waals surface area contributed by atoms with E-state index in [1.54, 1.807) is 17.2 Å². The van der Waals surface area contributed by atoms with E-state index in [4.69, 9.17) is 57.1 Å². The molecule has 3 aromatic rings. The van der Waals surface area contributed by atoms with E-state index < -0.39 is 27.5 Å². The number of aliphatic imine (C=N–C) groups is 1. The number of piperazine rings is 1. The van der Waals surface area contributed by atoms with Crippen molar-refractivity contribution in [3.05, 3.63) is 72.8 Å². The van der Waals surface area contributed by atoms with Gasteiger partial charge in [0.15, 0.2) is 5.82 Å². The zero-order valence-electron chi connectivity index (χ0n) is 25.4. The Morgan fingerprint density at radius 2 is 1.89 bits per heavy atom. The van der Waals surface area contributed by atoms with Crippen LogP contribution in [-0.4, -0.2) is 51.7 Å². The molecule has 1 saturated heterocycles. The Morgan fingerprint density at radius 1 is 1.20 bits per heavy atom. The minimum absolute atomic E-state index is 0.0112. The fourth-order valence-electron chi connectivity index (χ4n) is 6.21. The lowest BCUT2D eigenvalue weighted by atomic mass is 9.88. The van der Waals surface area contributed by atoms with Crippen LogP contribution in [0.3, 0.4) is 0 Å². The molecule has 0 spiro atoms. The first-order valence-corrected chi connectivity index (χ1v) is 16.0. The number of amides is 1. The Bertz CT molecular complexity index is 1940. The summed E-state index contributed by atoms with van der Waals surface area (Å²) >= 11 is 25.6. The van der Waals surface area contributed by atoms with Gasteiger partial charge in [-0.1, -0.05) is 79.8 Å². The highest BCUT2D eigenvalue weighted by Crippen LogP contribution is 2.47. The number of halogens is 5. The molecular weight excluding hydrogens is 675 g/mol. The summed E-state index contributed by atoms with van der Waals surface area (Å²) in [6.45, 7) is 12.3. The number of nitriles is 1. The van der Waals surface area contributed by atoms with E-state index >= 15 is 4.39 Å². The molecule has 0 radical (unpaired) electrons. The molecule has 3 atom stereocenters. The molecule has 240 valence electrons. The highest BCUT2D eigenvalue weighted by atomic mass is 35.5. The fraction of sp³-hybridized carbons (Fsp3) is 0.344. The van der Waals surface area contributed by atoms with E-state index in [0.717, 1.165) is 0 Å². The Balaban J connectivity index is 1.89. The van der Waals surface area contributed by atoms with E-state index in [1.807, 2.05) is 38.7 Å². The van der Waals surface area contributed by atoms with Crippen LogP contribution in [0.2, 0.25) is 20.1 Å². The van der Waals surface area contributed by atoms with Gasteiger partial charge in [0.05, 0.1) is 43.2 Å². The van der Waals surface area contributed by atoms with Gasteiger partial charge in [0.1, 0.15) is 17.3 Å². The lowest BCUT2D eigenvalue weighted by Crippen LogP contribution is -2.54. The molecule has 9 nitrogen and oxygen atoms in total. The molecule has 2 aromatic heterocycles. The van der Waals surface area contributed by atoms with E-state index in [1.165, 1.54) is 10.6 Å². The van der Waals surface area contributed by atoms with Crippen LogP contribution in [0, 0.1) is 29.0 Å². The summed E-state index contributed by atoms with van der Waals surface area (Å²) in [5.41, 5.74) is 6.49. The quantitative estimate of drug-likeness (QED) is 0.129. The summed E-state index contributed by atoms with van der Waals surface area (Å²) in [4.78, 5) is 40.0. The van der Waals surface area contributed by atoms with Gasteiger partial charge in [0.2, 0.25) is 5.91 Å². The van der Waals surface area contributed by atoms with Gasteiger partial charge in [-0.05, 0) is 25.0 Å². The van der Waals surface area contributed by atoms with Crippen LogP contribution in [0.25, 0.3) is 22.3 Å². The van der Waals surface area contributed by atoms with Crippen LogP contribution in [0.1, 0.15) is 39.3 Å². The molecule has 0 aliphatic carbocycles. The number of anilines is 2. The number of fused-ring (bicyclic) bond motifs is 1. The molecule has 2 aliphatic heterocycles. The van der Waals surface area contributed by atoms with Crippen molar-refractivity contribution in [1.82, 2.24) is 14.5 Å². The van der Waals surface area contributed by atoms with Crippen LogP contribution in [0.15, 0.2) is 40.8 Å². The second kappa shape index (κ2) is 12.9. The van der Waals surface area contributed by atoms with Crippen LogP contribution in [0.4, 0.5) is 15.8 Å². The second-order valence-corrected chi connectivity index (χ2v) is 13.2. The summed E-state index contributed by atoms with van der Waals surface area (Å²) in [6, 6.07) is 2.80. The highest BCUT2D eigenvalue weighted by Gasteiger charge is 2.36. The molecule has 5 rings (SSSR count). The number of hydrogen-bond acceptors (Lipinski definition) is 7. The number of nitrogens with zero attached hydrogens (tertiary/aromatic N) is 6. The first kappa shape index (κ1) is 33.7. The Hall–Kier alpha value is -3.62. The van der Waals surface area contributed by atoms with Crippen LogP contribution >= 0.6 is 46.4 Å². The molecular formula is C32H30Cl4FN7O2. The van der Waals surface area contributed by atoms with Gasteiger partial charge in [0.25, 0.3) is 5.56 Å². The Kier molecular flexibility index (Phi) is 9.45. The second-order valence-electron chi connectivity index (χ2n) is 11.6. The van der Waals surface area contributed by atoms with Crippen molar-refractivity contribution >= 4 is 80.4 Å². The van der Waals surface area contributed by atoms with Crippen molar-refractivity contribution in [3.63, 3.8) is 0 Å². The number of rotatable bonds is 5. The predicted molar refractivity (Wildman–Crippen MR) is 184 cm³/mol. The monoisotopic (exact) mass is 703 g/mol. The lowest BCUT2D eigenvalue weighted by Gasteiger charge is -2.41. The minimum atomic E-state index is -1.00. The maximum atomic E-state index is 15.1. The van der Waals surface area contributed by atoms with Crippen molar-refractivity contribution < 1.29 is 9.18 Å². The van der Waals surface area contributed by atoms with Gasteiger partial charge in [0, 0.05) is 54.5 Å². The largest absolute Gasteiger partial charge is 0.397 e. The summed E-state index contributed by atoms with van der Waals surface area (Å²) in [5, 5.41) is 9.73. The molecule has 2 N–H and O–H groups in total. The first-order chi connectivity index (χ1) is 21.7. The number of allylic oxidation sites excluding steroid dienone is 1. The summed E-state index contributed by atoms with van der Waals surface area (Å²) in [6.07, 6.45) is 4.82. The zero-order valence-corrected chi connectivity index (χ0v) is 28.4. The molecule has 1 aromatic carbocycles. The third-order valence-electron chi connectivity index (χ3n) is 8.45. The molecule has 0 saturated carbocycles. The molecule has 46 heavy (non-hydrogen) atoms. The summed E-state index contributed by atoms with van der Waals surface area (Å²) in [7, 11) is 0. The third-order valence-corrected chi connectivity index (χ3v) is 9.93. The molecule has 2 unspecified atom stereocenters. The van der Waals surface area contributed by atoms with Crippen LogP contribution in [0.5, 0.6) is 0 Å². The molecule has 1 amide bonds. The lowest BCUT2D eigenvalue weighted by molar-refractivity contribution is -0.128. The highest BCUT2D eigenvalue weighted by molar-refractivity contribution is 6.46. The number of carbonyl (C=O) groups is 1. The van der Waals surface area contributed by atoms with Gasteiger partial charge < -0.3 is 15.5 Å². The van der Waals surface area contributed by atoms with Gasteiger partial charge in [-0.2, -0.15) is 5.26 Å². The summed E-state index contributed by atoms with van der Waals surface area (Å²) < 4.78 is 16.6. The number of nitrogens with two attached hydrogens (primary N) is 1. The SMILES string of the molecule is C=CC(=O)N1CCN(c2c(C#N)c(=O)n(C3C(C(C)C)=NC=CC3C)c3nc(-c4c(N)c(Cl)c(Cl)c(F)c4Cl)c(Cl)cc23)C[C@H]1C. The molecule has 1 fully saturated rings. The average molecular weight is 705 g/mol. The Morgan fingerprint density at radius 3 is 2.50 bits per heavy atom. The average Bonchev–Trinajstić information content (AvgIpc) is 3.02. The van der Waals surface area contributed by atoms with Crippen LogP contribution in [-0.2, 0) is 4.79 Å². The minimum Gasteiger partial charge on any atom is -0.397 e. The van der Waals surface area contributed by atoms with E-state index in [0.29, 0.717) is 36.4 Å². The van der Waals surface area contributed by atoms with Gasteiger partial charge in [-0.15, -0.1) is 0 Å². The smallest absolute Gasteiger partial charge is 0.272 e. The molecule has 4 heterocycles. The van der Waals surface area contributed by atoms with Gasteiger partial charge in [-0.3, -0.25) is 19.1 Å². The van der Waals surface area contributed by atoms with Gasteiger partial charge in [-0.25, -0.2) is 9.37 Å². The number of hydrogen-bond donors (Lipinski definition) is 1. The maximum absolute atomic E-state index is 15.1. The topological polar surface area (TPSA) is 121 Å². The van der Waals surface area contributed by atoms with Crippen molar-refractivity contribution in [2.75, 3.05) is 30.3 Å². The number of carbonyl (C=O) groups excluding carboxylic acids is 1. The normalized spacial score (nSPS) is 19.8. The molecule has 2 aliphatic rings. The van der Waals surface area contributed by atoms with Crippen LogP contribution < -0.4 is 16.2 Å². The predicted octanol–water partition coefficient (Wildman–Crippen LogP) is 7.29. The first-order valence-electron chi connectivity index (χ1n) is 14.5. The fourth-order valence-corrected chi connectivity index (χ4v) is 7.17. The molecule has 0 bridgehead atoms. The van der Waals surface area contributed by atoms with Crippen molar-refractivity contribution in [2.45, 2.75) is 39.8 Å². The van der Waals surface area contributed by atoms with E-state index in [2.05, 4.69) is 17.6 Å². The maximum Gasteiger partial charge on any atom is 0.272 e. The van der Waals surface area contributed by atoms with Crippen molar-refractivity contribution in [1.29, 1.82) is 5.26 Å². The third kappa shape index (κ3) is 5.43. The number of pyridine rings is 2. The number of nitrogen functional groups attached to an aromatic ring is 1. The zero-order chi connectivity index (χ0) is 33.8. The van der Waals surface area contributed by atoms with Crippen molar-refractivity contribution in [3.8, 4) is 17.3 Å². The summed E-state index contributed by atoms with van der Waals surface area (Å²) in [5.74, 6) is -1.51. The number of benzene rings is 1.